The Morgan fingerprint density at radius 3 is 2.49 bits per heavy atom. The molecule has 3 aromatic rings. The van der Waals surface area contributed by atoms with E-state index < -0.39 is 17.2 Å². The molecule has 2 aliphatic heterocycles. The van der Waals surface area contributed by atoms with Crippen LogP contribution in [0.25, 0.3) is 11.1 Å². The molecule has 1 fully saturated rings. The summed E-state index contributed by atoms with van der Waals surface area (Å²) < 4.78 is 5.22. The van der Waals surface area contributed by atoms with Gasteiger partial charge in [-0.3, -0.25) is 19.7 Å². The van der Waals surface area contributed by atoms with Gasteiger partial charge >= 0.3 is 0 Å². The van der Waals surface area contributed by atoms with Crippen molar-refractivity contribution in [1.29, 1.82) is 0 Å². The number of para-hydroxylation sites is 1. The third-order valence-electron chi connectivity index (χ3n) is 6.35. The fraction of sp³-hybridized carbons (Fsp3) is 0.179. The van der Waals surface area contributed by atoms with Crippen LogP contribution in [0.5, 0.6) is 11.5 Å². The molecule has 7 heteroatoms. The topological polar surface area (TPSA) is 95.9 Å². The van der Waals surface area contributed by atoms with Crippen molar-refractivity contribution < 1.29 is 24.2 Å². The van der Waals surface area contributed by atoms with Crippen molar-refractivity contribution in [3.05, 3.63) is 83.4 Å². The summed E-state index contributed by atoms with van der Waals surface area (Å²) in [5.74, 6) is 5.65. The summed E-state index contributed by atoms with van der Waals surface area (Å²) in [4.78, 5) is 39.6. The Kier molecular flexibility index (Phi) is 5.50. The van der Waals surface area contributed by atoms with Gasteiger partial charge in [-0.2, -0.15) is 0 Å². The average molecular weight is 466 g/mol. The molecule has 1 saturated heterocycles. The Morgan fingerprint density at radius 1 is 1.03 bits per heavy atom. The van der Waals surface area contributed by atoms with Crippen LogP contribution in [0.2, 0.25) is 0 Å². The molecule has 0 spiro atoms. The molecule has 35 heavy (non-hydrogen) atoms. The normalized spacial score (nSPS) is 18.7. The number of amides is 3. The molecule has 2 heterocycles. The zero-order chi connectivity index (χ0) is 24.6. The van der Waals surface area contributed by atoms with Gasteiger partial charge in [-0.25, -0.2) is 0 Å². The summed E-state index contributed by atoms with van der Waals surface area (Å²) in [7, 11) is 1.53. The van der Waals surface area contributed by atoms with E-state index in [1.165, 1.54) is 7.11 Å². The fourth-order valence-corrected chi connectivity index (χ4v) is 4.48. The lowest BCUT2D eigenvalue weighted by atomic mass is 9.85. The van der Waals surface area contributed by atoms with E-state index in [0.29, 0.717) is 29.0 Å². The number of methoxy groups -OCH3 is 1. The van der Waals surface area contributed by atoms with Gasteiger partial charge in [-0.05, 0) is 41.5 Å². The van der Waals surface area contributed by atoms with Gasteiger partial charge in [-0.15, -0.1) is 0 Å². The predicted molar refractivity (Wildman–Crippen MR) is 128 cm³/mol. The summed E-state index contributed by atoms with van der Waals surface area (Å²) in [6, 6.07) is 19.6. The first-order valence-corrected chi connectivity index (χ1v) is 11.1. The van der Waals surface area contributed by atoms with Gasteiger partial charge in [0, 0.05) is 29.8 Å². The molecule has 0 bridgehead atoms. The molecule has 0 unspecified atom stereocenters. The number of hydrogen-bond acceptors (Lipinski definition) is 5. The highest BCUT2D eigenvalue weighted by Gasteiger charge is 2.48. The van der Waals surface area contributed by atoms with Crippen molar-refractivity contribution in [3.8, 4) is 34.5 Å². The maximum absolute atomic E-state index is 13.0. The molecule has 0 saturated carbocycles. The number of nitrogens with one attached hydrogen (secondary N) is 1. The lowest BCUT2D eigenvalue weighted by Gasteiger charge is -2.25. The largest absolute Gasteiger partial charge is 0.507 e. The second-order valence-corrected chi connectivity index (χ2v) is 8.66. The van der Waals surface area contributed by atoms with E-state index in [1.54, 1.807) is 41.3 Å². The van der Waals surface area contributed by atoms with Crippen molar-refractivity contribution in [1.82, 2.24) is 10.2 Å². The van der Waals surface area contributed by atoms with Crippen LogP contribution in [0.3, 0.4) is 0 Å². The number of fused-ring (bicyclic) bond motifs is 1. The molecule has 174 valence electrons. The molecule has 1 atom stereocenters. The SMILES string of the molecule is COc1ccc2c(c1)C(=O)N(C[C@@]1(C#Cc3ccc(-c4ccccc4O)cc3)CC(=O)NC1=O)C2. The van der Waals surface area contributed by atoms with Crippen LogP contribution in [0.1, 0.15) is 27.9 Å². The lowest BCUT2D eigenvalue weighted by Crippen LogP contribution is -2.42. The maximum Gasteiger partial charge on any atom is 0.254 e. The van der Waals surface area contributed by atoms with Gasteiger partial charge in [0.1, 0.15) is 16.9 Å². The second-order valence-electron chi connectivity index (χ2n) is 8.66. The van der Waals surface area contributed by atoms with Crippen LogP contribution in [0.15, 0.2) is 66.7 Å². The molecule has 0 radical (unpaired) electrons. The third-order valence-corrected chi connectivity index (χ3v) is 6.35. The van der Waals surface area contributed by atoms with Crippen molar-refractivity contribution in [2.45, 2.75) is 13.0 Å². The van der Waals surface area contributed by atoms with Crippen LogP contribution in [-0.2, 0) is 16.1 Å². The minimum absolute atomic E-state index is 0.00335. The highest BCUT2D eigenvalue weighted by molar-refractivity contribution is 6.08. The molecule has 3 amide bonds. The summed E-state index contributed by atoms with van der Waals surface area (Å²) >= 11 is 0. The Balaban J connectivity index is 1.42. The van der Waals surface area contributed by atoms with E-state index >= 15 is 0 Å². The third kappa shape index (κ3) is 4.11. The number of phenolic OH excluding ortho intramolecular Hbond substituents is 1. The van der Waals surface area contributed by atoms with E-state index in [2.05, 4.69) is 17.2 Å². The van der Waals surface area contributed by atoms with Crippen molar-refractivity contribution in [3.63, 3.8) is 0 Å². The predicted octanol–water partition coefficient (Wildman–Crippen LogP) is 3.11. The second kappa shape index (κ2) is 8.65. The van der Waals surface area contributed by atoms with Gasteiger partial charge in [0.25, 0.3) is 5.91 Å². The summed E-state index contributed by atoms with van der Waals surface area (Å²) in [5, 5.41) is 12.4. The maximum atomic E-state index is 13.0. The molecule has 5 rings (SSSR count). The zero-order valence-electron chi connectivity index (χ0n) is 19.0. The van der Waals surface area contributed by atoms with E-state index in [-0.39, 0.29) is 24.6 Å². The quantitative estimate of drug-likeness (QED) is 0.455. The van der Waals surface area contributed by atoms with Crippen molar-refractivity contribution in [2.75, 3.05) is 13.7 Å². The van der Waals surface area contributed by atoms with Crippen LogP contribution in [0, 0.1) is 17.3 Å². The number of rotatable bonds is 4. The van der Waals surface area contributed by atoms with Crippen molar-refractivity contribution >= 4 is 17.7 Å². The first kappa shape index (κ1) is 22.2. The molecule has 2 N–H and O–H groups in total. The Hall–Kier alpha value is -4.57. The first-order valence-electron chi connectivity index (χ1n) is 11.1. The molecule has 2 aliphatic rings. The highest BCUT2D eigenvalue weighted by Crippen LogP contribution is 2.34. The van der Waals surface area contributed by atoms with Crippen LogP contribution in [0.4, 0.5) is 0 Å². The summed E-state index contributed by atoms with van der Waals surface area (Å²) in [6.07, 6.45) is -0.113. The van der Waals surface area contributed by atoms with E-state index in [4.69, 9.17) is 4.74 Å². The molecule has 0 aromatic heterocycles. The first-order chi connectivity index (χ1) is 16.9. The number of aromatic hydroxyl groups is 1. The zero-order valence-corrected chi connectivity index (χ0v) is 19.0. The van der Waals surface area contributed by atoms with Crippen molar-refractivity contribution in [2.24, 2.45) is 5.41 Å². The van der Waals surface area contributed by atoms with E-state index in [9.17, 15) is 19.5 Å². The van der Waals surface area contributed by atoms with Gasteiger partial charge in [0.05, 0.1) is 13.5 Å². The van der Waals surface area contributed by atoms with Gasteiger partial charge in [0.2, 0.25) is 11.8 Å². The van der Waals surface area contributed by atoms with E-state index in [0.717, 1.165) is 11.1 Å². The van der Waals surface area contributed by atoms with Crippen LogP contribution in [-0.4, -0.2) is 41.4 Å². The number of phenols is 1. The molecule has 3 aromatic carbocycles. The fourth-order valence-electron chi connectivity index (χ4n) is 4.48. The number of carbonyl (C=O) groups excluding carboxylic acids is 3. The number of imide groups is 1. The molecule has 7 nitrogen and oxygen atoms in total. The number of ether oxygens (including phenoxy) is 1. The number of carbonyl (C=O) groups is 3. The monoisotopic (exact) mass is 466 g/mol. The van der Waals surface area contributed by atoms with E-state index in [1.807, 2.05) is 30.3 Å². The number of hydrogen-bond donors (Lipinski definition) is 2. The van der Waals surface area contributed by atoms with Crippen LogP contribution >= 0.6 is 0 Å². The molecular weight excluding hydrogens is 444 g/mol. The van der Waals surface area contributed by atoms with Crippen LogP contribution < -0.4 is 10.1 Å². The lowest BCUT2D eigenvalue weighted by molar-refractivity contribution is -0.127. The summed E-state index contributed by atoms with van der Waals surface area (Å²) in [6.45, 7) is 0.335. The summed E-state index contributed by atoms with van der Waals surface area (Å²) in [5.41, 5.74) is 2.20. The number of benzene rings is 3. The smallest absolute Gasteiger partial charge is 0.254 e. The minimum atomic E-state index is -1.34. The Morgan fingerprint density at radius 2 is 1.80 bits per heavy atom. The van der Waals surface area contributed by atoms with Gasteiger partial charge in [0.15, 0.2) is 0 Å². The van der Waals surface area contributed by atoms with Gasteiger partial charge < -0.3 is 14.7 Å². The Bertz CT molecular complexity index is 1420. The van der Waals surface area contributed by atoms with Gasteiger partial charge in [-0.1, -0.05) is 48.2 Å². The minimum Gasteiger partial charge on any atom is -0.507 e. The average Bonchev–Trinajstić information content (AvgIpc) is 3.32. The molecular formula is C28H22N2O5. The standard InChI is InChI=1S/C28H22N2O5/c1-35-21-11-10-20-16-30(26(33)23(20)14-21)17-28(15-25(32)29-27(28)34)13-12-18-6-8-19(9-7-18)22-4-2-3-5-24(22)31/h2-11,14,31H,15-17H2,1H3,(H,29,32,34)/t28-/m1/s1. The highest BCUT2D eigenvalue weighted by atomic mass is 16.5. The molecule has 0 aliphatic carbocycles. The number of nitrogens with zero attached hydrogens (tertiary/aromatic N) is 1. The Labute approximate surface area is 202 Å².